The Bertz CT molecular complexity index is 648. The number of carbonyl (C=O) groups is 1. The number of rotatable bonds is 3. The van der Waals surface area contributed by atoms with Crippen molar-refractivity contribution in [3.05, 3.63) is 28.8 Å². The van der Waals surface area contributed by atoms with Crippen LogP contribution in [0.5, 0.6) is 5.75 Å². The minimum Gasteiger partial charge on any atom is -0.490 e. The number of ether oxygens (including phenoxy) is 3. The molecule has 1 amide bonds. The van der Waals surface area contributed by atoms with E-state index in [-0.39, 0.29) is 17.6 Å². The van der Waals surface area contributed by atoms with Crippen molar-refractivity contribution in [3.63, 3.8) is 0 Å². The van der Waals surface area contributed by atoms with Crippen LogP contribution >= 0.6 is 11.6 Å². The quantitative estimate of drug-likeness (QED) is 0.803. The van der Waals surface area contributed by atoms with Gasteiger partial charge in [-0.1, -0.05) is 11.6 Å². The van der Waals surface area contributed by atoms with E-state index < -0.39 is 0 Å². The number of hydrogen-bond acceptors (Lipinski definition) is 4. The summed E-state index contributed by atoms with van der Waals surface area (Å²) in [5.41, 5.74) is 0.190. The molecule has 1 spiro atoms. The zero-order chi connectivity index (χ0) is 18.0. The van der Waals surface area contributed by atoms with Crippen molar-refractivity contribution < 1.29 is 19.0 Å². The van der Waals surface area contributed by atoms with Crippen LogP contribution in [0.25, 0.3) is 0 Å². The lowest BCUT2D eigenvalue weighted by Gasteiger charge is -2.44. The number of benzene rings is 1. The van der Waals surface area contributed by atoms with Gasteiger partial charge in [0.2, 0.25) is 0 Å². The topological polar surface area (TPSA) is 48.0 Å². The van der Waals surface area contributed by atoms with E-state index in [4.69, 9.17) is 25.8 Å². The predicted molar refractivity (Wildman–Crippen MR) is 99.0 cm³/mol. The summed E-state index contributed by atoms with van der Waals surface area (Å²) in [6.07, 6.45) is 6.57. The van der Waals surface area contributed by atoms with Gasteiger partial charge in [0.1, 0.15) is 11.4 Å². The van der Waals surface area contributed by atoms with Gasteiger partial charge < -0.3 is 19.1 Å². The molecule has 2 heterocycles. The molecule has 1 atom stereocenters. The molecule has 1 aromatic carbocycles. The zero-order valence-electron chi connectivity index (χ0n) is 15.0. The lowest BCUT2D eigenvalue weighted by molar-refractivity contribution is -0.160. The number of halogens is 1. The van der Waals surface area contributed by atoms with Gasteiger partial charge in [-0.2, -0.15) is 0 Å². The van der Waals surface area contributed by atoms with Gasteiger partial charge in [-0.25, -0.2) is 0 Å². The van der Waals surface area contributed by atoms with Crippen LogP contribution in [0.4, 0.5) is 0 Å². The minimum absolute atomic E-state index is 0.0336. The summed E-state index contributed by atoms with van der Waals surface area (Å²) in [7, 11) is 0. The van der Waals surface area contributed by atoms with Gasteiger partial charge >= 0.3 is 0 Å². The predicted octanol–water partition coefficient (Wildman–Crippen LogP) is 3.68. The molecule has 3 aliphatic rings. The van der Waals surface area contributed by atoms with Crippen LogP contribution in [0.2, 0.25) is 5.02 Å². The summed E-state index contributed by atoms with van der Waals surface area (Å²) in [5.74, 6) is 0.612. The van der Waals surface area contributed by atoms with Crippen LogP contribution in [-0.2, 0) is 9.47 Å². The van der Waals surface area contributed by atoms with Crippen molar-refractivity contribution in [2.24, 2.45) is 0 Å². The van der Waals surface area contributed by atoms with Crippen LogP contribution in [0.1, 0.15) is 48.9 Å². The van der Waals surface area contributed by atoms with Crippen LogP contribution in [0.15, 0.2) is 18.2 Å². The first-order valence-electron chi connectivity index (χ1n) is 9.62. The minimum atomic E-state index is -0.364. The van der Waals surface area contributed by atoms with Crippen molar-refractivity contribution in [2.45, 2.75) is 50.2 Å². The lowest BCUT2D eigenvalue weighted by atomic mass is 9.94. The van der Waals surface area contributed by atoms with Crippen LogP contribution in [0.3, 0.4) is 0 Å². The number of morpholine rings is 1. The second kappa shape index (κ2) is 7.75. The summed E-state index contributed by atoms with van der Waals surface area (Å²) in [5, 5.41) is 0.552. The maximum atomic E-state index is 13.3. The molecule has 0 radical (unpaired) electrons. The molecule has 5 nitrogen and oxygen atoms in total. The Morgan fingerprint density at radius 1 is 1.23 bits per heavy atom. The Balaban J connectivity index is 1.53. The number of amides is 1. The highest BCUT2D eigenvalue weighted by Crippen LogP contribution is 2.32. The van der Waals surface area contributed by atoms with Gasteiger partial charge in [0.25, 0.3) is 5.91 Å². The number of hydrogen-bond donors (Lipinski definition) is 0. The summed E-state index contributed by atoms with van der Waals surface area (Å²) in [4.78, 5) is 15.1. The molecule has 0 N–H and O–H groups in total. The van der Waals surface area contributed by atoms with Crippen molar-refractivity contribution in [1.82, 2.24) is 4.90 Å². The highest BCUT2D eigenvalue weighted by Gasteiger charge is 2.40. The molecule has 2 aliphatic heterocycles. The third-order valence-corrected chi connectivity index (χ3v) is 5.82. The van der Waals surface area contributed by atoms with Gasteiger partial charge in [0, 0.05) is 18.2 Å². The second-order valence-corrected chi connectivity index (χ2v) is 8.02. The van der Waals surface area contributed by atoms with Gasteiger partial charge in [0.15, 0.2) is 0 Å². The maximum absolute atomic E-state index is 13.3. The molecule has 6 heteroatoms. The monoisotopic (exact) mass is 379 g/mol. The maximum Gasteiger partial charge on any atom is 0.257 e. The fourth-order valence-corrected chi connectivity index (χ4v) is 4.38. The standard InChI is InChI=1S/C20H26ClNO4/c21-15-6-7-18(26-16-4-1-2-5-16)17(12-15)19(23)22-9-11-25-20(13-22)8-3-10-24-14-20/h6-7,12,16H,1-5,8-11,13-14H2. The first kappa shape index (κ1) is 18.1. The first-order valence-corrected chi connectivity index (χ1v) is 10.0. The van der Waals surface area contributed by atoms with Crippen molar-refractivity contribution in [3.8, 4) is 5.75 Å². The molecule has 3 fully saturated rings. The Morgan fingerprint density at radius 2 is 2.08 bits per heavy atom. The molecule has 1 aromatic rings. The normalized spacial score (nSPS) is 27.0. The largest absolute Gasteiger partial charge is 0.490 e. The summed E-state index contributed by atoms with van der Waals surface area (Å²) in [6, 6.07) is 5.35. The average Bonchev–Trinajstić information content (AvgIpc) is 3.16. The van der Waals surface area contributed by atoms with Gasteiger partial charge in [-0.3, -0.25) is 4.79 Å². The highest BCUT2D eigenvalue weighted by atomic mass is 35.5. The molecule has 26 heavy (non-hydrogen) atoms. The molecule has 0 aromatic heterocycles. The van der Waals surface area contributed by atoms with Crippen LogP contribution in [-0.4, -0.2) is 55.4 Å². The molecule has 0 bridgehead atoms. The molecule has 2 saturated heterocycles. The molecule has 1 unspecified atom stereocenters. The second-order valence-electron chi connectivity index (χ2n) is 7.58. The average molecular weight is 380 g/mol. The Hall–Kier alpha value is -1.30. The molecular weight excluding hydrogens is 354 g/mol. The molecule has 4 rings (SSSR count). The van der Waals surface area contributed by atoms with E-state index in [9.17, 15) is 4.79 Å². The van der Waals surface area contributed by atoms with Gasteiger partial charge in [-0.05, 0) is 56.7 Å². The van der Waals surface area contributed by atoms with Gasteiger partial charge in [-0.15, -0.1) is 0 Å². The summed E-state index contributed by atoms with van der Waals surface area (Å²) in [6.45, 7) is 3.00. The SMILES string of the molecule is O=C(c1cc(Cl)ccc1OC1CCCC1)N1CCOC2(CCCOC2)C1. The highest BCUT2D eigenvalue weighted by molar-refractivity contribution is 6.31. The van der Waals surface area contributed by atoms with Gasteiger partial charge in [0.05, 0.1) is 31.4 Å². The van der Waals surface area contributed by atoms with Crippen LogP contribution in [0, 0.1) is 0 Å². The Morgan fingerprint density at radius 3 is 2.85 bits per heavy atom. The fraction of sp³-hybridized carbons (Fsp3) is 0.650. The number of nitrogens with zero attached hydrogens (tertiary/aromatic N) is 1. The fourth-order valence-electron chi connectivity index (χ4n) is 4.21. The molecule has 142 valence electrons. The van der Waals surface area contributed by atoms with E-state index in [1.807, 2.05) is 11.0 Å². The lowest BCUT2D eigenvalue weighted by Crippen LogP contribution is -2.57. The summed E-state index contributed by atoms with van der Waals surface area (Å²) >= 11 is 6.19. The summed E-state index contributed by atoms with van der Waals surface area (Å²) < 4.78 is 17.8. The van der Waals surface area contributed by atoms with Crippen molar-refractivity contribution in [1.29, 1.82) is 0 Å². The molecular formula is C20H26ClNO4. The number of carbonyl (C=O) groups excluding carboxylic acids is 1. The molecule has 1 aliphatic carbocycles. The first-order chi connectivity index (χ1) is 12.7. The van der Waals surface area contributed by atoms with Crippen LogP contribution < -0.4 is 4.74 Å². The van der Waals surface area contributed by atoms with E-state index >= 15 is 0 Å². The Labute approximate surface area is 159 Å². The third-order valence-electron chi connectivity index (χ3n) is 5.59. The van der Waals surface area contributed by atoms with E-state index in [1.54, 1.807) is 12.1 Å². The third kappa shape index (κ3) is 3.85. The van der Waals surface area contributed by atoms with Crippen molar-refractivity contribution in [2.75, 3.05) is 32.9 Å². The zero-order valence-corrected chi connectivity index (χ0v) is 15.8. The van der Waals surface area contributed by atoms with Crippen molar-refractivity contribution >= 4 is 17.5 Å². The molecule has 1 saturated carbocycles. The van der Waals surface area contributed by atoms with E-state index in [0.717, 1.165) is 32.3 Å². The van der Waals surface area contributed by atoms with E-state index in [2.05, 4.69) is 0 Å². The Kier molecular flexibility index (Phi) is 5.39. The van der Waals surface area contributed by atoms with E-state index in [1.165, 1.54) is 12.8 Å². The van der Waals surface area contributed by atoms with E-state index in [0.29, 0.717) is 42.6 Å². The smallest absolute Gasteiger partial charge is 0.257 e.